The van der Waals surface area contributed by atoms with E-state index >= 15 is 0 Å². The number of non-ortho nitro benzene ring substituents is 1. The molecule has 9 heteroatoms. The van der Waals surface area contributed by atoms with Gasteiger partial charge in [-0.15, -0.1) is 0 Å². The topological polar surface area (TPSA) is 119 Å². The van der Waals surface area contributed by atoms with Gasteiger partial charge in [-0.3, -0.25) is 15.0 Å². The Kier molecular flexibility index (Phi) is 5.59. The summed E-state index contributed by atoms with van der Waals surface area (Å²) >= 11 is 6.12. The molecule has 2 aromatic carbocycles. The maximum Gasteiger partial charge on any atom is 0.269 e. The number of hydrogen-bond acceptors (Lipinski definition) is 6. The van der Waals surface area contributed by atoms with Gasteiger partial charge in [-0.05, 0) is 30.8 Å². The van der Waals surface area contributed by atoms with E-state index in [0.717, 1.165) is 5.52 Å². The molecule has 28 heavy (non-hydrogen) atoms. The van der Waals surface area contributed by atoms with Gasteiger partial charge in [0.2, 0.25) is 0 Å². The third-order valence-electron chi connectivity index (χ3n) is 4.13. The number of halogens is 1. The lowest BCUT2D eigenvalue weighted by Crippen LogP contribution is -2.21. The molecule has 8 nitrogen and oxygen atoms in total. The summed E-state index contributed by atoms with van der Waals surface area (Å²) in [6.07, 6.45) is 0. The number of allylic oxidation sites excluding steroid dienone is 1. The summed E-state index contributed by atoms with van der Waals surface area (Å²) in [5.74, 6) is 0.119. The summed E-state index contributed by atoms with van der Waals surface area (Å²) in [4.78, 5) is 19.5. The average molecular weight is 398 g/mol. The van der Waals surface area contributed by atoms with Gasteiger partial charge in [0.15, 0.2) is 5.82 Å². The molecule has 0 aliphatic carbocycles. The third-order valence-corrected chi connectivity index (χ3v) is 4.50. The highest BCUT2D eigenvalue weighted by molar-refractivity contribution is 6.31. The molecule has 0 spiro atoms. The van der Waals surface area contributed by atoms with Crippen LogP contribution in [0.15, 0.2) is 48.2 Å². The van der Waals surface area contributed by atoms with Crippen molar-refractivity contribution in [3.05, 3.63) is 74.7 Å². The Labute approximate surface area is 165 Å². The van der Waals surface area contributed by atoms with E-state index in [2.05, 4.69) is 9.97 Å². The molecule has 0 bridgehead atoms. The zero-order valence-corrected chi connectivity index (χ0v) is 15.6. The minimum Gasteiger partial charge on any atom is -0.509 e. The number of aliphatic hydroxyl groups excluding tert-OH is 1. The van der Waals surface area contributed by atoms with Crippen LogP contribution in [-0.2, 0) is 6.54 Å². The van der Waals surface area contributed by atoms with Crippen LogP contribution in [0, 0.1) is 21.4 Å². The molecule has 0 aliphatic rings. The number of nitrogens with zero attached hydrogens (tertiary/aromatic N) is 4. The van der Waals surface area contributed by atoms with Crippen LogP contribution in [-0.4, -0.2) is 38.5 Å². The van der Waals surface area contributed by atoms with E-state index in [9.17, 15) is 20.5 Å². The Morgan fingerprint density at radius 2 is 2.14 bits per heavy atom. The van der Waals surface area contributed by atoms with Crippen molar-refractivity contribution in [2.45, 2.75) is 6.54 Å². The van der Waals surface area contributed by atoms with Crippen molar-refractivity contribution in [1.82, 2.24) is 14.9 Å². The molecule has 2 N–H and O–H groups in total. The number of hydrogen-bond donors (Lipinski definition) is 2. The van der Waals surface area contributed by atoms with Crippen molar-refractivity contribution >= 4 is 33.9 Å². The molecular formula is C19H16ClN5O3. The Morgan fingerprint density at radius 3 is 2.82 bits per heavy atom. The predicted octanol–water partition coefficient (Wildman–Crippen LogP) is 4.05. The SMILES string of the molecule is CN(C/C(O)=C(/C#N)c1nc2ccccc2[nH]1)Cc1cc([N+](=O)[O-])ccc1Cl. The first-order chi connectivity index (χ1) is 13.4. The molecule has 0 unspecified atom stereocenters. The molecule has 0 saturated carbocycles. The van der Waals surface area contributed by atoms with Crippen LogP contribution in [0.25, 0.3) is 16.6 Å². The molecular weight excluding hydrogens is 382 g/mol. The number of aliphatic hydroxyl groups is 1. The van der Waals surface area contributed by atoms with Gasteiger partial charge >= 0.3 is 0 Å². The average Bonchev–Trinajstić information content (AvgIpc) is 3.07. The Hall–Kier alpha value is -3.41. The van der Waals surface area contributed by atoms with Gasteiger partial charge in [-0.25, -0.2) is 4.98 Å². The number of rotatable bonds is 6. The van der Waals surface area contributed by atoms with E-state index in [0.29, 0.717) is 16.1 Å². The number of para-hydroxylation sites is 2. The summed E-state index contributed by atoms with van der Waals surface area (Å²) in [6.45, 7) is 0.294. The summed E-state index contributed by atoms with van der Waals surface area (Å²) in [5, 5.41) is 31.3. The molecule has 0 atom stereocenters. The van der Waals surface area contributed by atoms with E-state index in [1.165, 1.54) is 18.2 Å². The number of imidazole rings is 1. The van der Waals surface area contributed by atoms with Crippen LogP contribution < -0.4 is 0 Å². The van der Waals surface area contributed by atoms with Crippen LogP contribution in [0.5, 0.6) is 0 Å². The molecule has 1 heterocycles. The minimum absolute atomic E-state index is 0.0354. The van der Waals surface area contributed by atoms with Crippen LogP contribution in [0.4, 0.5) is 5.69 Å². The summed E-state index contributed by atoms with van der Waals surface area (Å²) in [7, 11) is 1.71. The van der Waals surface area contributed by atoms with E-state index in [-0.39, 0.29) is 35.9 Å². The zero-order chi connectivity index (χ0) is 20.3. The van der Waals surface area contributed by atoms with E-state index in [4.69, 9.17) is 11.6 Å². The lowest BCUT2D eigenvalue weighted by atomic mass is 10.1. The van der Waals surface area contributed by atoms with Crippen molar-refractivity contribution in [3.8, 4) is 6.07 Å². The largest absolute Gasteiger partial charge is 0.509 e. The van der Waals surface area contributed by atoms with Gasteiger partial charge in [0.1, 0.15) is 17.4 Å². The summed E-state index contributed by atoms with van der Waals surface area (Å²) in [6, 6.07) is 13.5. The fourth-order valence-corrected chi connectivity index (χ4v) is 2.98. The lowest BCUT2D eigenvalue weighted by Gasteiger charge is -2.17. The van der Waals surface area contributed by atoms with Gasteiger partial charge < -0.3 is 10.1 Å². The molecule has 0 radical (unpaired) electrons. The minimum atomic E-state index is -0.493. The Morgan fingerprint density at radius 1 is 1.39 bits per heavy atom. The molecule has 3 aromatic rings. The van der Waals surface area contributed by atoms with Crippen molar-refractivity contribution in [1.29, 1.82) is 5.26 Å². The maximum absolute atomic E-state index is 10.9. The number of aromatic amines is 1. The van der Waals surface area contributed by atoms with Gasteiger partial charge in [0.25, 0.3) is 5.69 Å². The Balaban J connectivity index is 1.82. The monoisotopic (exact) mass is 397 g/mol. The molecule has 1 aromatic heterocycles. The van der Waals surface area contributed by atoms with Crippen LogP contribution >= 0.6 is 11.6 Å². The van der Waals surface area contributed by atoms with Crippen LogP contribution in [0.3, 0.4) is 0 Å². The molecule has 0 saturated heterocycles. The zero-order valence-electron chi connectivity index (χ0n) is 14.9. The van der Waals surface area contributed by atoms with Crippen molar-refractivity contribution in [2.75, 3.05) is 13.6 Å². The van der Waals surface area contributed by atoms with Crippen LogP contribution in [0.1, 0.15) is 11.4 Å². The number of likely N-dealkylation sites (N-methyl/N-ethyl adjacent to an activating group) is 1. The molecule has 0 amide bonds. The lowest BCUT2D eigenvalue weighted by molar-refractivity contribution is -0.384. The number of H-pyrrole nitrogens is 1. The maximum atomic E-state index is 10.9. The van der Waals surface area contributed by atoms with Gasteiger partial charge in [-0.2, -0.15) is 5.26 Å². The second-order valence-electron chi connectivity index (χ2n) is 6.24. The number of nitrogens with one attached hydrogen (secondary N) is 1. The van der Waals surface area contributed by atoms with Gasteiger partial charge in [0, 0.05) is 23.7 Å². The third kappa shape index (κ3) is 4.11. The number of fused-ring (bicyclic) bond motifs is 1. The second-order valence-corrected chi connectivity index (χ2v) is 6.65. The Bertz CT molecular complexity index is 1080. The highest BCUT2D eigenvalue weighted by Gasteiger charge is 2.16. The van der Waals surface area contributed by atoms with Crippen molar-refractivity contribution in [3.63, 3.8) is 0 Å². The fraction of sp³-hybridized carbons (Fsp3) is 0.158. The van der Waals surface area contributed by atoms with Gasteiger partial charge in [0.05, 0.1) is 22.5 Å². The number of nitro groups is 1. The standard InChI is InChI=1S/C19H16ClN5O3/c1-24(10-12-8-13(25(27)28)6-7-15(12)20)11-18(26)14(9-21)19-22-16-4-2-3-5-17(16)23-19/h2-8,26H,10-11H2,1H3,(H,22,23)/b18-14+. The van der Waals surface area contributed by atoms with E-state index < -0.39 is 4.92 Å². The first-order valence-corrected chi connectivity index (χ1v) is 8.65. The molecule has 0 fully saturated rings. The number of nitro benzene ring substituents is 1. The number of aromatic nitrogens is 2. The highest BCUT2D eigenvalue weighted by Crippen LogP contribution is 2.24. The smallest absolute Gasteiger partial charge is 0.269 e. The second kappa shape index (κ2) is 8.08. The molecule has 142 valence electrons. The summed E-state index contributed by atoms with van der Waals surface area (Å²) in [5.41, 5.74) is 1.97. The molecule has 3 rings (SSSR count). The normalized spacial score (nSPS) is 12.1. The first-order valence-electron chi connectivity index (χ1n) is 8.27. The van der Waals surface area contributed by atoms with E-state index in [1.807, 2.05) is 24.3 Å². The number of nitriles is 1. The first kappa shape index (κ1) is 19.4. The van der Waals surface area contributed by atoms with Gasteiger partial charge in [-0.1, -0.05) is 23.7 Å². The highest BCUT2D eigenvalue weighted by atomic mass is 35.5. The van der Waals surface area contributed by atoms with Crippen molar-refractivity contribution in [2.24, 2.45) is 0 Å². The number of benzene rings is 2. The molecule has 0 aliphatic heterocycles. The van der Waals surface area contributed by atoms with Crippen molar-refractivity contribution < 1.29 is 10.0 Å². The van der Waals surface area contributed by atoms with E-state index in [1.54, 1.807) is 18.0 Å². The fourth-order valence-electron chi connectivity index (χ4n) is 2.80. The quantitative estimate of drug-likeness (QED) is 0.280. The predicted molar refractivity (Wildman–Crippen MR) is 106 cm³/mol. The summed E-state index contributed by atoms with van der Waals surface area (Å²) < 4.78 is 0. The van der Waals surface area contributed by atoms with Crippen LogP contribution in [0.2, 0.25) is 5.02 Å².